The molecule has 0 saturated heterocycles. The maximum Gasteiger partial charge on any atom is 0.343 e. The molecule has 3 rings (SSSR count). The predicted octanol–water partition coefficient (Wildman–Crippen LogP) is 2.95. The maximum atomic E-state index is 12.3. The Morgan fingerprint density at radius 1 is 0.571 bits per heavy atom. The highest BCUT2D eigenvalue weighted by molar-refractivity contribution is 5.94. The molecule has 0 radical (unpaired) electrons. The molecule has 8 nitrogen and oxygen atoms in total. The summed E-state index contributed by atoms with van der Waals surface area (Å²) in [7, 11) is 0. The van der Waals surface area contributed by atoms with E-state index < -0.39 is 23.4 Å². The Hall–Kier alpha value is -4.20. The number of rotatable bonds is 4. The SMILES string of the molecule is O=C(Oc1ccccc1OC(=O)c1ccc(O)c(O)c1)c1ccc(O)c(O)c1. The van der Waals surface area contributed by atoms with Crippen LogP contribution < -0.4 is 9.47 Å². The zero-order valence-electron chi connectivity index (χ0n) is 14.2. The summed E-state index contributed by atoms with van der Waals surface area (Å²) in [6.07, 6.45) is 0. The topological polar surface area (TPSA) is 134 Å². The number of carbonyl (C=O) groups is 2. The summed E-state index contributed by atoms with van der Waals surface area (Å²) in [4.78, 5) is 24.5. The number of esters is 2. The van der Waals surface area contributed by atoms with E-state index >= 15 is 0 Å². The van der Waals surface area contributed by atoms with Gasteiger partial charge in [0.05, 0.1) is 11.1 Å². The number of hydrogen-bond donors (Lipinski definition) is 4. The van der Waals surface area contributed by atoms with E-state index in [4.69, 9.17) is 9.47 Å². The van der Waals surface area contributed by atoms with Gasteiger partial charge in [-0.25, -0.2) is 9.59 Å². The van der Waals surface area contributed by atoms with Gasteiger partial charge in [-0.05, 0) is 48.5 Å². The molecule has 3 aromatic rings. The van der Waals surface area contributed by atoms with Gasteiger partial charge in [-0.15, -0.1) is 0 Å². The van der Waals surface area contributed by atoms with Crippen LogP contribution in [0.3, 0.4) is 0 Å². The molecular formula is C20H14O8. The largest absolute Gasteiger partial charge is 0.504 e. The van der Waals surface area contributed by atoms with Crippen molar-refractivity contribution in [3.05, 3.63) is 71.8 Å². The molecule has 0 bridgehead atoms. The van der Waals surface area contributed by atoms with Crippen molar-refractivity contribution in [3.63, 3.8) is 0 Å². The van der Waals surface area contributed by atoms with E-state index in [1.165, 1.54) is 24.3 Å². The highest BCUT2D eigenvalue weighted by Crippen LogP contribution is 2.31. The summed E-state index contributed by atoms with van der Waals surface area (Å²) in [6.45, 7) is 0. The molecule has 0 amide bonds. The number of phenols is 4. The third kappa shape index (κ3) is 3.96. The zero-order valence-corrected chi connectivity index (χ0v) is 14.2. The number of benzene rings is 3. The molecule has 0 atom stereocenters. The summed E-state index contributed by atoms with van der Waals surface area (Å²) in [5.41, 5.74) is -0.0558. The summed E-state index contributed by atoms with van der Waals surface area (Å²) in [5.74, 6) is -3.55. The third-order valence-corrected chi connectivity index (χ3v) is 3.68. The Kier molecular flexibility index (Phi) is 5.03. The second-order valence-electron chi connectivity index (χ2n) is 5.63. The monoisotopic (exact) mass is 382 g/mol. The van der Waals surface area contributed by atoms with Crippen molar-refractivity contribution in [3.8, 4) is 34.5 Å². The van der Waals surface area contributed by atoms with E-state index in [2.05, 4.69) is 0 Å². The molecule has 0 fully saturated rings. The van der Waals surface area contributed by atoms with Gasteiger partial charge in [-0.3, -0.25) is 0 Å². The van der Waals surface area contributed by atoms with E-state index in [-0.39, 0.29) is 34.1 Å². The lowest BCUT2D eigenvalue weighted by Gasteiger charge is -2.11. The van der Waals surface area contributed by atoms with Crippen molar-refractivity contribution in [2.24, 2.45) is 0 Å². The van der Waals surface area contributed by atoms with E-state index in [0.29, 0.717) is 0 Å². The highest BCUT2D eigenvalue weighted by Gasteiger charge is 2.17. The molecule has 0 saturated carbocycles. The molecule has 4 N–H and O–H groups in total. The number of hydrogen-bond acceptors (Lipinski definition) is 8. The number of carbonyl (C=O) groups excluding carboxylic acids is 2. The molecule has 142 valence electrons. The van der Waals surface area contributed by atoms with Crippen molar-refractivity contribution >= 4 is 11.9 Å². The minimum Gasteiger partial charge on any atom is -0.504 e. The second-order valence-corrected chi connectivity index (χ2v) is 5.63. The average molecular weight is 382 g/mol. The first-order chi connectivity index (χ1) is 13.3. The fourth-order valence-electron chi connectivity index (χ4n) is 2.24. The minimum atomic E-state index is -0.846. The fraction of sp³-hybridized carbons (Fsp3) is 0. The Labute approximate surface area is 158 Å². The summed E-state index contributed by atoms with van der Waals surface area (Å²) in [5, 5.41) is 37.6. The van der Waals surface area contributed by atoms with Crippen molar-refractivity contribution in [1.29, 1.82) is 0 Å². The molecular weight excluding hydrogens is 368 g/mol. The van der Waals surface area contributed by atoms with Crippen molar-refractivity contribution in [2.75, 3.05) is 0 Å². The Morgan fingerprint density at radius 3 is 1.32 bits per heavy atom. The van der Waals surface area contributed by atoms with Crippen LogP contribution in [0.15, 0.2) is 60.7 Å². The first-order valence-electron chi connectivity index (χ1n) is 7.92. The quantitative estimate of drug-likeness (QED) is 0.307. The van der Waals surface area contributed by atoms with Gasteiger partial charge in [-0.1, -0.05) is 12.1 Å². The van der Waals surface area contributed by atoms with Crippen LogP contribution >= 0.6 is 0 Å². The first kappa shape index (κ1) is 18.6. The summed E-state index contributed by atoms with van der Waals surface area (Å²) < 4.78 is 10.4. The third-order valence-electron chi connectivity index (χ3n) is 3.68. The zero-order chi connectivity index (χ0) is 20.3. The van der Waals surface area contributed by atoms with Crippen LogP contribution in [0.25, 0.3) is 0 Å². The Balaban J connectivity index is 1.80. The van der Waals surface area contributed by atoms with Gasteiger partial charge in [0.2, 0.25) is 0 Å². The van der Waals surface area contributed by atoms with E-state index in [0.717, 1.165) is 24.3 Å². The van der Waals surface area contributed by atoms with Crippen LogP contribution in [0.2, 0.25) is 0 Å². The van der Waals surface area contributed by atoms with Crippen LogP contribution in [0.1, 0.15) is 20.7 Å². The molecule has 28 heavy (non-hydrogen) atoms. The van der Waals surface area contributed by atoms with Gasteiger partial charge < -0.3 is 29.9 Å². The molecule has 0 heterocycles. The van der Waals surface area contributed by atoms with E-state index in [1.807, 2.05) is 0 Å². The predicted molar refractivity (Wildman–Crippen MR) is 95.9 cm³/mol. The number of ether oxygens (including phenoxy) is 2. The number of para-hydroxylation sites is 2. The molecule has 0 unspecified atom stereocenters. The normalized spacial score (nSPS) is 10.3. The standard InChI is InChI=1S/C20H14O8/c21-13-7-5-11(9-15(13)23)19(25)27-17-3-1-2-4-18(17)28-20(26)12-6-8-14(22)16(24)10-12/h1-10,21-24H. The van der Waals surface area contributed by atoms with Crippen LogP contribution in [0.5, 0.6) is 34.5 Å². The number of aromatic hydroxyl groups is 4. The molecule has 0 aliphatic rings. The van der Waals surface area contributed by atoms with Crippen LogP contribution in [0.4, 0.5) is 0 Å². The molecule has 3 aromatic carbocycles. The van der Waals surface area contributed by atoms with Crippen molar-refractivity contribution in [2.45, 2.75) is 0 Å². The van der Waals surface area contributed by atoms with Gasteiger partial charge in [-0.2, -0.15) is 0 Å². The Bertz CT molecular complexity index is 973. The van der Waals surface area contributed by atoms with Gasteiger partial charge in [0.1, 0.15) is 0 Å². The van der Waals surface area contributed by atoms with E-state index in [1.54, 1.807) is 12.1 Å². The van der Waals surface area contributed by atoms with Gasteiger partial charge in [0.25, 0.3) is 0 Å². The second kappa shape index (κ2) is 7.58. The van der Waals surface area contributed by atoms with Crippen LogP contribution in [0, 0.1) is 0 Å². The Morgan fingerprint density at radius 2 is 0.964 bits per heavy atom. The van der Waals surface area contributed by atoms with Gasteiger partial charge in [0, 0.05) is 0 Å². The van der Waals surface area contributed by atoms with Gasteiger partial charge in [0.15, 0.2) is 34.5 Å². The van der Waals surface area contributed by atoms with Crippen LogP contribution in [-0.2, 0) is 0 Å². The lowest BCUT2D eigenvalue weighted by Crippen LogP contribution is -2.12. The highest BCUT2D eigenvalue weighted by atomic mass is 16.6. The lowest BCUT2D eigenvalue weighted by molar-refractivity contribution is 0.0682. The average Bonchev–Trinajstić information content (AvgIpc) is 2.67. The number of phenolic OH excluding ortho intramolecular Hbond substituents is 4. The smallest absolute Gasteiger partial charge is 0.343 e. The fourth-order valence-corrected chi connectivity index (χ4v) is 2.24. The van der Waals surface area contributed by atoms with Crippen molar-refractivity contribution in [1.82, 2.24) is 0 Å². The van der Waals surface area contributed by atoms with Crippen LogP contribution in [-0.4, -0.2) is 32.4 Å². The van der Waals surface area contributed by atoms with Gasteiger partial charge >= 0.3 is 11.9 Å². The molecule has 0 aliphatic carbocycles. The molecule has 0 aromatic heterocycles. The van der Waals surface area contributed by atoms with E-state index in [9.17, 15) is 30.0 Å². The molecule has 0 spiro atoms. The summed E-state index contributed by atoms with van der Waals surface area (Å²) in [6, 6.07) is 12.8. The van der Waals surface area contributed by atoms with Crippen molar-refractivity contribution < 1.29 is 39.5 Å². The molecule has 0 aliphatic heterocycles. The maximum absolute atomic E-state index is 12.3. The molecule has 8 heteroatoms. The minimum absolute atomic E-state index is 0.0279. The summed E-state index contributed by atoms with van der Waals surface area (Å²) >= 11 is 0. The lowest BCUT2D eigenvalue weighted by atomic mass is 10.2. The first-order valence-corrected chi connectivity index (χ1v) is 7.92.